The molecular weight excluding hydrogens is 376 g/mol. The van der Waals surface area contributed by atoms with E-state index in [0.717, 1.165) is 23.7 Å². The van der Waals surface area contributed by atoms with Gasteiger partial charge in [-0.3, -0.25) is 14.4 Å². The number of carbonyl (C=O) groups excluding carboxylic acids is 3. The monoisotopic (exact) mass is 396 g/mol. The highest BCUT2D eigenvalue weighted by molar-refractivity contribution is 9.10. The quantitative estimate of drug-likeness (QED) is 0.776. The predicted molar refractivity (Wildman–Crippen MR) is 93.4 cm³/mol. The summed E-state index contributed by atoms with van der Waals surface area (Å²) in [7, 11) is 0. The number of likely N-dealkylation sites (tertiary alicyclic amines) is 1. The molecule has 0 spiro atoms. The third kappa shape index (κ3) is 5.63. The molecule has 0 aliphatic carbocycles. The van der Waals surface area contributed by atoms with Gasteiger partial charge < -0.3 is 15.0 Å². The molecule has 2 rings (SSSR count). The third-order valence-corrected chi connectivity index (χ3v) is 4.25. The Bertz CT molecular complexity index is 620. The highest BCUT2D eigenvalue weighted by Gasteiger charge is 2.23. The number of halogens is 1. The fraction of sp³-hybridized carbons (Fsp3) is 0.471. The summed E-state index contributed by atoms with van der Waals surface area (Å²) >= 11 is 3.32. The highest BCUT2D eigenvalue weighted by atomic mass is 79.9. The summed E-state index contributed by atoms with van der Waals surface area (Å²) in [4.78, 5) is 37.5. The average Bonchev–Trinajstić information content (AvgIpc) is 2.72. The second kappa shape index (κ2) is 8.82. The Balaban J connectivity index is 1.84. The van der Waals surface area contributed by atoms with Gasteiger partial charge in [0, 0.05) is 23.1 Å². The van der Waals surface area contributed by atoms with Gasteiger partial charge in [-0.15, -0.1) is 0 Å². The van der Waals surface area contributed by atoms with Gasteiger partial charge in [0.25, 0.3) is 5.91 Å². The molecule has 1 aliphatic rings. The van der Waals surface area contributed by atoms with Gasteiger partial charge in [-0.05, 0) is 38.0 Å². The van der Waals surface area contributed by atoms with Crippen molar-refractivity contribution in [1.82, 2.24) is 4.90 Å². The van der Waals surface area contributed by atoms with E-state index in [4.69, 9.17) is 4.74 Å². The van der Waals surface area contributed by atoms with Gasteiger partial charge in [0.05, 0.1) is 0 Å². The van der Waals surface area contributed by atoms with E-state index in [1.807, 2.05) is 6.07 Å². The fourth-order valence-electron chi connectivity index (χ4n) is 2.46. The summed E-state index contributed by atoms with van der Waals surface area (Å²) in [6.45, 7) is 1.97. The van der Waals surface area contributed by atoms with Crippen molar-refractivity contribution < 1.29 is 19.1 Å². The van der Waals surface area contributed by atoms with Gasteiger partial charge >= 0.3 is 5.97 Å². The van der Waals surface area contributed by atoms with E-state index in [1.165, 1.54) is 11.8 Å². The second-order valence-electron chi connectivity index (χ2n) is 5.76. The normalized spacial score (nSPS) is 16.2. The van der Waals surface area contributed by atoms with E-state index in [1.54, 1.807) is 18.2 Å². The summed E-state index contributed by atoms with van der Waals surface area (Å²) in [5.74, 6) is -1.01. The van der Waals surface area contributed by atoms with Gasteiger partial charge in [-0.1, -0.05) is 28.4 Å². The second-order valence-corrected chi connectivity index (χ2v) is 6.67. The summed E-state index contributed by atoms with van der Waals surface area (Å²) in [5.41, 5.74) is 0.611. The Morgan fingerprint density at radius 3 is 2.88 bits per heavy atom. The first-order valence-electron chi connectivity index (χ1n) is 7.99. The molecule has 1 atom stereocenters. The molecule has 6 nitrogen and oxygen atoms in total. The van der Waals surface area contributed by atoms with Crippen molar-refractivity contribution in [3.05, 3.63) is 28.7 Å². The number of hydrogen-bond acceptors (Lipinski definition) is 4. The van der Waals surface area contributed by atoms with Gasteiger partial charge in [-0.25, -0.2) is 0 Å². The van der Waals surface area contributed by atoms with Crippen LogP contribution in [0, 0.1) is 0 Å². The molecule has 130 valence electrons. The molecule has 0 saturated carbocycles. The van der Waals surface area contributed by atoms with Crippen LogP contribution in [0.5, 0.6) is 0 Å². The van der Waals surface area contributed by atoms with E-state index in [0.29, 0.717) is 18.7 Å². The minimum atomic E-state index is -0.932. The van der Waals surface area contributed by atoms with E-state index >= 15 is 0 Å². The Kier molecular flexibility index (Phi) is 6.78. The number of benzene rings is 1. The molecule has 1 N–H and O–H groups in total. The maximum Gasteiger partial charge on any atom is 0.326 e. The number of hydrogen-bond donors (Lipinski definition) is 1. The van der Waals surface area contributed by atoms with Gasteiger partial charge in [0.1, 0.15) is 6.54 Å². The largest absolute Gasteiger partial charge is 0.451 e. The fourth-order valence-corrected chi connectivity index (χ4v) is 2.86. The van der Waals surface area contributed by atoms with Crippen LogP contribution < -0.4 is 5.32 Å². The first kappa shape index (κ1) is 18.4. The molecule has 1 heterocycles. The number of ether oxygens (including phenoxy) is 1. The standard InChI is InChI=1S/C17H21BrN2O4/c1-12(17(23)19-14-7-5-6-13(18)10-14)24-16(22)11-20-9-4-2-3-8-15(20)21/h5-7,10,12H,2-4,8-9,11H2,1H3,(H,19,23)/t12-/m1/s1. The Morgan fingerprint density at radius 1 is 1.33 bits per heavy atom. The minimum Gasteiger partial charge on any atom is -0.451 e. The Labute approximate surface area is 149 Å². The molecule has 7 heteroatoms. The smallest absolute Gasteiger partial charge is 0.326 e. The lowest BCUT2D eigenvalue weighted by Gasteiger charge is -2.20. The molecule has 0 aromatic heterocycles. The number of anilines is 1. The number of rotatable bonds is 5. The number of esters is 1. The van der Waals surface area contributed by atoms with Crippen molar-refractivity contribution in [1.29, 1.82) is 0 Å². The lowest BCUT2D eigenvalue weighted by Crippen LogP contribution is -2.38. The highest BCUT2D eigenvalue weighted by Crippen LogP contribution is 2.16. The summed E-state index contributed by atoms with van der Waals surface area (Å²) < 4.78 is 5.99. The zero-order chi connectivity index (χ0) is 17.5. The van der Waals surface area contributed by atoms with Crippen LogP contribution in [0.1, 0.15) is 32.6 Å². The molecule has 1 aliphatic heterocycles. The van der Waals surface area contributed by atoms with Crippen molar-refractivity contribution in [2.75, 3.05) is 18.4 Å². The minimum absolute atomic E-state index is 0.0318. The zero-order valence-electron chi connectivity index (χ0n) is 13.6. The lowest BCUT2D eigenvalue weighted by atomic mass is 10.2. The van der Waals surface area contributed by atoms with Crippen molar-refractivity contribution in [3.63, 3.8) is 0 Å². The zero-order valence-corrected chi connectivity index (χ0v) is 15.2. The van der Waals surface area contributed by atoms with Crippen LogP contribution in [-0.4, -0.2) is 41.9 Å². The maximum atomic E-state index is 12.1. The molecule has 1 aromatic carbocycles. The van der Waals surface area contributed by atoms with Crippen molar-refractivity contribution >= 4 is 39.4 Å². The van der Waals surface area contributed by atoms with Crippen LogP contribution >= 0.6 is 15.9 Å². The number of nitrogens with one attached hydrogen (secondary N) is 1. The van der Waals surface area contributed by atoms with E-state index in [-0.39, 0.29) is 12.5 Å². The van der Waals surface area contributed by atoms with Crippen LogP contribution in [0.25, 0.3) is 0 Å². The van der Waals surface area contributed by atoms with Crippen molar-refractivity contribution in [2.45, 2.75) is 38.7 Å². The molecule has 0 unspecified atom stereocenters. The van der Waals surface area contributed by atoms with E-state index < -0.39 is 18.0 Å². The molecule has 0 radical (unpaired) electrons. The molecule has 1 fully saturated rings. The number of carbonyl (C=O) groups is 3. The van der Waals surface area contributed by atoms with E-state index in [9.17, 15) is 14.4 Å². The average molecular weight is 397 g/mol. The summed E-state index contributed by atoms with van der Waals surface area (Å²) in [6.07, 6.45) is 2.27. The number of amides is 2. The lowest BCUT2D eigenvalue weighted by molar-refractivity contribution is -0.156. The molecule has 2 amide bonds. The van der Waals surface area contributed by atoms with Crippen LogP contribution in [-0.2, 0) is 19.1 Å². The third-order valence-electron chi connectivity index (χ3n) is 3.76. The van der Waals surface area contributed by atoms with Gasteiger partial charge in [-0.2, -0.15) is 0 Å². The molecule has 1 saturated heterocycles. The van der Waals surface area contributed by atoms with Crippen molar-refractivity contribution in [2.24, 2.45) is 0 Å². The Morgan fingerprint density at radius 2 is 2.12 bits per heavy atom. The SMILES string of the molecule is C[C@@H](OC(=O)CN1CCCCCC1=O)C(=O)Nc1cccc(Br)c1. The maximum absolute atomic E-state index is 12.1. The summed E-state index contributed by atoms with van der Waals surface area (Å²) in [5, 5.41) is 2.68. The Hall–Kier alpha value is -1.89. The van der Waals surface area contributed by atoms with Crippen LogP contribution in [0.15, 0.2) is 28.7 Å². The summed E-state index contributed by atoms with van der Waals surface area (Å²) in [6, 6.07) is 7.13. The molecule has 1 aromatic rings. The topological polar surface area (TPSA) is 75.7 Å². The first-order valence-corrected chi connectivity index (χ1v) is 8.78. The van der Waals surface area contributed by atoms with Crippen LogP contribution in [0.2, 0.25) is 0 Å². The predicted octanol–water partition coefficient (Wildman–Crippen LogP) is 2.72. The first-order chi connectivity index (χ1) is 11.5. The van der Waals surface area contributed by atoms with Crippen LogP contribution in [0.3, 0.4) is 0 Å². The van der Waals surface area contributed by atoms with E-state index in [2.05, 4.69) is 21.2 Å². The van der Waals surface area contributed by atoms with Gasteiger partial charge in [0.2, 0.25) is 5.91 Å². The number of nitrogens with zero attached hydrogens (tertiary/aromatic N) is 1. The molecular formula is C17H21BrN2O4. The van der Waals surface area contributed by atoms with Gasteiger partial charge in [0.15, 0.2) is 6.10 Å². The van der Waals surface area contributed by atoms with Crippen LogP contribution in [0.4, 0.5) is 5.69 Å². The van der Waals surface area contributed by atoms with Crippen molar-refractivity contribution in [3.8, 4) is 0 Å². The molecule has 0 bridgehead atoms. The molecule has 24 heavy (non-hydrogen) atoms.